The van der Waals surface area contributed by atoms with Crippen LogP contribution in [0.5, 0.6) is 0 Å². The molecule has 1 aromatic rings. The van der Waals surface area contributed by atoms with Crippen LogP contribution in [0.4, 0.5) is 5.69 Å². The van der Waals surface area contributed by atoms with Crippen LogP contribution in [-0.2, 0) is 16.1 Å². The molecule has 0 fully saturated rings. The van der Waals surface area contributed by atoms with Gasteiger partial charge in [0.1, 0.15) is 0 Å². The number of halogens is 1. The van der Waals surface area contributed by atoms with E-state index in [2.05, 4.69) is 26.6 Å². The van der Waals surface area contributed by atoms with Crippen LogP contribution in [0.1, 0.15) is 18.4 Å². The van der Waals surface area contributed by atoms with E-state index in [-0.39, 0.29) is 5.91 Å². The first-order valence-electron chi connectivity index (χ1n) is 5.89. The minimum Gasteiger partial charge on any atom is -0.385 e. The predicted octanol–water partition coefficient (Wildman–Crippen LogP) is 2.53. The summed E-state index contributed by atoms with van der Waals surface area (Å²) in [7, 11) is 3.33. The number of rotatable bonds is 7. The van der Waals surface area contributed by atoms with Crippen molar-refractivity contribution in [1.29, 1.82) is 0 Å². The summed E-state index contributed by atoms with van der Waals surface area (Å²) < 4.78 is 6.21. The quantitative estimate of drug-likeness (QED) is 0.760. The van der Waals surface area contributed by atoms with E-state index in [1.54, 1.807) is 14.2 Å². The zero-order chi connectivity index (χ0) is 13.4. The van der Waals surface area contributed by atoms with Crippen molar-refractivity contribution in [2.24, 2.45) is 0 Å². The standard InChI is InChI=1S/C13H19BrN2O2/c1-15-13(17)7-4-8-16-12-6-3-5-11(14)10(12)9-18-2/h3,5-6,16H,4,7-9H2,1-2H3,(H,15,17). The molecule has 0 heterocycles. The summed E-state index contributed by atoms with van der Waals surface area (Å²) in [5, 5.41) is 5.94. The first kappa shape index (κ1) is 15.0. The summed E-state index contributed by atoms with van der Waals surface area (Å²) in [5.41, 5.74) is 2.14. The Bertz CT molecular complexity index is 397. The van der Waals surface area contributed by atoms with Crippen molar-refractivity contribution in [3.8, 4) is 0 Å². The topological polar surface area (TPSA) is 50.4 Å². The van der Waals surface area contributed by atoms with Crippen LogP contribution in [0.25, 0.3) is 0 Å². The maximum atomic E-state index is 11.1. The molecule has 18 heavy (non-hydrogen) atoms. The molecular formula is C13H19BrN2O2. The van der Waals surface area contributed by atoms with Crippen LogP contribution in [0.15, 0.2) is 22.7 Å². The number of ether oxygens (including phenoxy) is 1. The molecule has 0 aliphatic heterocycles. The van der Waals surface area contributed by atoms with Gasteiger partial charge in [-0.1, -0.05) is 22.0 Å². The summed E-state index contributed by atoms with van der Waals surface area (Å²) in [6, 6.07) is 5.98. The molecule has 100 valence electrons. The Balaban J connectivity index is 2.51. The number of carbonyl (C=O) groups excluding carboxylic acids is 1. The number of nitrogens with one attached hydrogen (secondary N) is 2. The summed E-state index contributed by atoms with van der Waals surface area (Å²) in [6.45, 7) is 1.32. The van der Waals surface area contributed by atoms with Crippen molar-refractivity contribution >= 4 is 27.5 Å². The fourth-order valence-electron chi connectivity index (χ4n) is 1.61. The smallest absolute Gasteiger partial charge is 0.219 e. The molecule has 0 spiro atoms. The van der Waals surface area contributed by atoms with Crippen molar-refractivity contribution < 1.29 is 9.53 Å². The molecule has 0 saturated heterocycles. The van der Waals surface area contributed by atoms with E-state index >= 15 is 0 Å². The van der Waals surface area contributed by atoms with Crippen LogP contribution in [0, 0.1) is 0 Å². The Kier molecular flexibility index (Phi) is 6.75. The monoisotopic (exact) mass is 314 g/mol. The summed E-state index contributed by atoms with van der Waals surface area (Å²) in [6.07, 6.45) is 1.34. The molecule has 1 aromatic carbocycles. The number of amides is 1. The van der Waals surface area contributed by atoms with Gasteiger partial charge in [-0.05, 0) is 18.6 Å². The van der Waals surface area contributed by atoms with Crippen LogP contribution in [0.2, 0.25) is 0 Å². The first-order chi connectivity index (χ1) is 8.69. The number of methoxy groups -OCH3 is 1. The Morgan fingerprint density at radius 2 is 2.22 bits per heavy atom. The summed E-state index contributed by atoms with van der Waals surface area (Å²) in [4.78, 5) is 11.1. The van der Waals surface area contributed by atoms with Gasteiger partial charge in [-0.15, -0.1) is 0 Å². The van der Waals surface area contributed by atoms with E-state index < -0.39 is 0 Å². The summed E-state index contributed by atoms with van der Waals surface area (Å²) >= 11 is 3.51. The minimum atomic E-state index is 0.0724. The molecule has 0 aliphatic rings. The molecule has 0 unspecified atom stereocenters. The van der Waals surface area contributed by atoms with Gasteiger partial charge in [-0.25, -0.2) is 0 Å². The summed E-state index contributed by atoms with van der Waals surface area (Å²) in [5.74, 6) is 0.0724. The molecule has 5 heteroatoms. The van der Waals surface area contributed by atoms with E-state index in [1.807, 2.05) is 18.2 Å². The van der Waals surface area contributed by atoms with E-state index in [0.29, 0.717) is 13.0 Å². The molecule has 0 radical (unpaired) electrons. The van der Waals surface area contributed by atoms with Gasteiger partial charge in [0.25, 0.3) is 0 Å². The number of hydrogen-bond acceptors (Lipinski definition) is 3. The Morgan fingerprint density at radius 3 is 2.89 bits per heavy atom. The van der Waals surface area contributed by atoms with Crippen LogP contribution in [-0.4, -0.2) is 26.6 Å². The van der Waals surface area contributed by atoms with Gasteiger partial charge in [-0.2, -0.15) is 0 Å². The average molecular weight is 315 g/mol. The van der Waals surface area contributed by atoms with Crippen molar-refractivity contribution in [1.82, 2.24) is 5.32 Å². The second kappa shape index (κ2) is 8.11. The Hall–Kier alpha value is -1.07. The zero-order valence-corrected chi connectivity index (χ0v) is 12.3. The molecular weight excluding hydrogens is 296 g/mol. The second-order valence-electron chi connectivity index (χ2n) is 3.90. The van der Waals surface area contributed by atoms with E-state index in [4.69, 9.17) is 4.74 Å². The fraction of sp³-hybridized carbons (Fsp3) is 0.462. The van der Waals surface area contributed by atoms with Gasteiger partial charge in [0.05, 0.1) is 6.61 Å². The van der Waals surface area contributed by atoms with Gasteiger partial charge in [0, 0.05) is 42.8 Å². The van der Waals surface area contributed by atoms with E-state index in [9.17, 15) is 4.79 Å². The SMILES string of the molecule is CNC(=O)CCCNc1cccc(Br)c1COC. The van der Waals surface area contributed by atoms with E-state index in [0.717, 1.165) is 28.7 Å². The second-order valence-corrected chi connectivity index (χ2v) is 4.76. The normalized spacial score (nSPS) is 10.2. The first-order valence-corrected chi connectivity index (χ1v) is 6.69. The molecule has 0 aliphatic carbocycles. The van der Waals surface area contributed by atoms with Crippen LogP contribution >= 0.6 is 15.9 Å². The Morgan fingerprint density at radius 1 is 1.44 bits per heavy atom. The third-order valence-electron chi connectivity index (χ3n) is 2.58. The maximum Gasteiger partial charge on any atom is 0.219 e. The highest BCUT2D eigenvalue weighted by molar-refractivity contribution is 9.10. The molecule has 0 saturated carbocycles. The highest BCUT2D eigenvalue weighted by atomic mass is 79.9. The van der Waals surface area contributed by atoms with Crippen molar-refractivity contribution in [3.63, 3.8) is 0 Å². The lowest BCUT2D eigenvalue weighted by atomic mass is 10.2. The maximum absolute atomic E-state index is 11.1. The number of hydrogen-bond donors (Lipinski definition) is 2. The molecule has 1 rings (SSSR count). The molecule has 0 bridgehead atoms. The highest BCUT2D eigenvalue weighted by Gasteiger charge is 2.06. The molecule has 4 nitrogen and oxygen atoms in total. The fourth-order valence-corrected chi connectivity index (χ4v) is 2.09. The predicted molar refractivity (Wildman–Crippen MR) is 76.6 cm³/mol. The van der Waals surface area contributed by atoms with Crippen molar-refractivity contribution in [3.05, 3.63) is 28.2 Å². The number of carbonyl (C=O) groups is 1. The molecule has 0 atom stereocenters. The van der Waals surface area contributed by atoms with Crippen LogP contribution < -0.4 is 10.6 Å². The van der Waals surface area contributed by atoms with Crippen LogP contribution in [0.3, 0.4) is 0 Å². The van der Waals surface area contributed by atoms with Gasteiger partial charge in [-0.3, -0.25) is 4.79 Å². The number of benzene rings is 1. The van der Waals surface area contributed by atoms with Gasteiger partial charge in [0.15, 0.2) is 0 Å². The molecule has 1 amide bonds. The molecule has 0 aromatic heterocycles. The van der Waals surface area contributed by atoms with Gasteiger partial charge < -0.3 is 15.4 Å². The largest absolute Gasteiger partial charge is 0.385 e. The molecule has 2 N–H and O–H groups in total. The van der Waals surface area contributed by atoms with Crippen molar-refractivity contribution in [2.75, 3.05) is 26.0 Å². The third-order valence-corrected chi connectivity index (χ3v) is 3.33. The van der Waals surface area contributed by atoms with Gasteiger partial charge >= 0.3 is 0 Å². The highest BCUT2D eigenvalue weighted by Crippen LogP contribution is 2.25. The number of anilines is 1. The van der Waals surface area contributed by atoms with Crippen molar-refractivity contribution in [2.45, 2.75) is 19.4 Å². The average Bonchev–Trinajstić information content (AvgIpc) is 2.38. The third kappa shape index (κ3) is 4.66. The van der Waals surface area contributed by atoms with Gasteiger partial charge in [0.2, 0.25) is 5.91 Å². The van der Waals surface area contributed by atoms with E-state index in [1.165, 1.54) is 0 Å². The zero-order valence-electron chi connectivity index (χ0n) is 10.8. The Labute approximate surface area is 116 Å². The lowest BCUT2D eigenvalue weighted by molar-refractivity contribution is -0.120. The lowest BCUT2D eigenvalue weighted by Crippen LogP contribution is -2.18. The lowest BCUT2D eigenvalue weighted by Gasteiger charge is -2.13. The minimum absolute atomic E-state index is 0.0724.